The van der Waals surface area contributed by atoms with E-state index in [0.29, 0.717) is 0 Å². The molecule has 1 aromatic heterocycles. The molecule has 2 aromatic carbocycles. The van der Waals surface area contributed by atoms with Crippen molar-refractivity contribution in [2.75, 3.05) is 7.11 Å². The fraction of sp³-hybridized carbons (Fsp3) is 0.133. The number of rotatable bonds is 3. The quantitative estimate of drug-likeness (QED) is 0.733. The van der Waals surface area contributed by atoms with Gasteiger partial charge in [0, 0.05) is 22.4 Å². The van der Waals surface area contributed by atoms with Crippen molar-refractivity contribution in [3.05, 3.63) is 59.1 Å². The molecule has 0 unspecified atom stereocenters. The van der Waals surface area contributed by atoms with E-state index in [1.54, 1.807) is 13.3 Å². The van der Waals surface area contributed by atoms with Gasteiger partial charge in [0.25, 0.3) is 0 Å². The minimum atomic E-state index is 0.752. The molecule has 0 spiro atoms. The maximum absolute atomic E-state index is 5.49. The Hall–Kier alpha value is -1.81. The molecule has 4 heteroatoms. The number of hydrogen-bond donors (Lipinski definition) is 0. The van der Waals surface area contributed by atoms with E-state index in [0.717, 1.165) is 16.8 Å². The average molecular weight is 317 g/mol. The van der Waals surface area contributed by atoms with Crippen LogP contribution in [0.2, 0.25) is 0 Å². The largest absolute Gasteiger partial charge is 0.496 e. The first-order chi connectivity index (χ1) is 9.28. The normalized spacial score (nSPS) is 10.8. The van der Waals surface area contributed by atoms with Gasteiger partial charge in [-0.2, -0.15) is 0 Å². The summed E-state index contributed by atoms with van der Waals surface area (Å²) in [6.45, 7) is 0.752. The van der Waals surface area contributed by atoms with Crippen LogP contribution in [-0.4, -0.2) is 16.7 Å². The number of hydrogen-bond acceptors (Lipinski definition) is 2. The maximum Gasteiger partial charge on any atom is 0.124 e. The summed E-state index contributed by atoms with van der Waals surface area (Å²) in [4.78, 5) is 4.08. The lowest BCUT2D eigenvalue weighted by Crippen LogP contribution is -2.00. The molecule has 96 valence electrons. The number of fused-ring (bicyclic) bond motifs is 1. The Morgan fingerprint density at radius 2 is 2.16 bits per heavy atom. The maximum atomic E-state index is 5.49. The number of benzene rings is 2. The predicted molar refractivity (Wildman–Crippen MR) is 79.5 cm³/mol. The van der Waals surface area contributed by atoms with Crippen molar-refractivity contribution >= 4 is 26.7 Å². The van der Waals surface area contributed by atoms with E-state index in [9.17, 15) is 0 Å². The van der Waals surface area contributed by atoms with Crippen LogP contribution in [0.5, 0.6) is 5.75 Å². The fourth-order valence-corrected chi connectivity index (χ4v) is 2.64. The zero-order valence-electron chi connectivity index (χ0n) is 10.5. The average Bonchev–Trinajstić information content (AvgIpc) is 2.92. The molecule has 0 atom stereocenters. The van der Waals surface area contributed by atoms with Crippen LogP contribution in [0.4, 0.5) is 0 Å². The Bertz CT molecular complexity index is 707. The van der Waals surface area contributed by atoms with Crippen LogP contribution in [0, 0.1) is 0 Å². The van der Waals surface area contributed by atoms with Crippen molar-refractivity contribution in [3.8, 4) is 5.75 Å². The summed E-state index contributed by atoms with van der Waals surface area (Å²) in [7, 11) is 1.71. The summed E-state index contributed by atoms with van der Waals surface area (Å²) in [5.41, 5.74) is 1.17. The van der Waals surface area contributed by atoms with E-state index in [4.69, 9.17) is 4.74 Å². The number of nitrogens with zero attached hydrogens (tertiary/aromatic N) is 2. The molecule has 0 fully saturated rings. The van der Waals surface area contributed by atoms with E-state index in [2.05, 4.69) is 45.2 Å². The van der Waals surface area contributed by atoms with Gasteiger partial charge >= 0.3 is 0 Å². The molecule has 0 saturated carbocycles. The molecule has 0 aliphatic rings. The third-order valence-electron chi connectivity index (χ3n) is 3.17. The highest BCUT2D eigenvalue weighted by molar-refractivity contribution is 9.10. The third-order valence-corrected chi connectivity index (χ3v) is 3.66. The Balaban J connectivity index is 2.18. The Kier molecular flexibility index (Phi) is 3.25. The van der Waals surface area contributed by atoms with Crippen molar-refractivity contribution in [2.45, 2.75) is 6.54 Å². The van der Waals surface area contributed by atoms with Gasteiger partial charge in [-0.3, -0.25) is 0 Å². The smallest absolute Gasteiger partial charge is 0.124 e. The first kappa shape index (κ1) is 12.2. The van der Waals surface area contributed by atoms with Gasteiger partial charge in [0.1, 0.15) is 5.75 Å². The first-order valence-corrected chi connectivity index (χ1v) is 6.78. The van der Waals surface area contributed by atoms with Crippen LogP contribution < -0.4 is 4.74 Å². The highest BCUT2D eigenvalue weighted by Crippen LogP contribution is 2.30. The molecule has 19 heavy (non-hydrogen) atoms. The second-order valence-electron chi connectivity index (χ2n) is 4.35. The van der Waals surface area contributed by atoms with Gasteiger partial charge in [-0.1, -0.05) is 28.1 Å². The van der Waals surface area contributed by atoms with Gasteiger partial charge in [0.05, 0.1) is 20.0 Å². The second kappa shape index (κ2) is 5.05. The minimum Gasteiger partial charge on any atom is -0.496 e. The number of aromatic nitrogens is 2. The lowest BCUT2D eigenvalue weighted by molar-refractivity contribution is 0.409. The molecule has 0 aliphatic carbocycles. The highest BCUT2D eigenvalue weighted by Gasteiger charge is 2.09. The summed E-state index contributed by atoms with van der Waals surface area (Å²) in [5.74, 6) is 0.906. The van der Waals surface area contributed by atoms with Gasteiger partial charge in [-0.25, -0.2) is 4.98 Å². The van der Waals surface area contributed by atoms with E-state index >= 15 is 0 Å². The summed E-state index contributed by atoms with van der Waals surface area (Å²) in [6, 6.07) is 10.4. The molecule has 0 bridgehead atoms. The summed E-state index contributed by atoms with van der Waals surface area (Å²) in [5, 5.41) is 2.40. The van der Waals surface area contributed by atoms with Gasteiger partial charge in [-0.05, 0) is 29.0 Å². The van der Waals surface area contributed by atoms with Gasteiger partial charge < -0.3 is 9.30 Å². The summed E-state index contributed by atoms with van der Waals surface area (Å²) in [6.07, 6.45) is 5.56. The lowest BCUT2D eigenvalue weighted by Gasteiger charge is -2.13. The van der Waals surface area contributed by atoms with Crippen molar-refractivity contribution in [1.29, 1.82) is 0 Å². The Labute approximate surface area is 120 Å². The molecule has 0 radical (unpaired) electrons. The number of methoxy groups -OCH3 is 1. The van der Waals surface area contributed by atoms with Crippen molar-refractivity contribution in [1.82, 2.24) is 9.55 Å². The topological polar surface area (TPSA) is 27.1 Å². The molecule has 1 heterocycles. The molecule has 0 aliphatic heterocycles. The van der Waals surface area contributed by atoms with Gasteiger partial charge in [-0.15, -0.1) is 0 Å². The van der Waals surface area contributed by atoms with Crippen molar-refractivity contribution in [3.63, 3.8) is 0 Å². The van der Waals surface area contributed by atoms with Crippen molar-refractivity contribution < 1.29 is 4.74 Å². The number of imidazole rings is 1. The Morgan fingerprint density at radius 3 is 2.89 bits per heavy atom. The number of halogens is 1. The molecule has 3 rings (SSSR count). The second-order valence-corrected chi connectivity index (χ2v) is 5.26. The molecule has 0 saturated heterocycles. The lowest BCUT2D eigenvalue weighted by atomic mass is 10.0. The predicted octanol–water partition coefficient (Wildman–Crippen LogP) is 3.86. The van der Waals surface area contributed by atoms with E-state index < -0.39 is 0 Å². The zero-order chi connectivity index (χ0) is 13.2. The third kappa shape index (κ3) is 2.36. The van der Waals surface area contributed by atoms with Crippen molar-refractivity contribution in [2.24, 2.45) is 0 Å². The molecular weight excluding hydrogens is 304 g/mol. The minimum absolute atomic E-state index is 0.752. The van der Waals surface area contributed by atoms with Gasteiger partial charge in [0.15, 0.2) is 0 Å². The zero-order valence-corrected chi connectivity index (χ0v) is 12.1. The monoisotopic (exact) mass is 316 g/mol. The van der Waals surface area contributed by atoms with Crippen LogP contribution >= 0.6 is 15.9 Å². The first-order valence-electron chi connectivity index (χ1n) is 5.99. The van der Waals surface area contributed by atoms with E-state index in [-0.39, 0.29) is 0 Å². The van der Waals surface area contributed by atoms with Crippen LogP contribution in [0.3, 0.4) is 0 Å². The van der Waals surface area contributed by atoms with Gasteiger partial charge in [0.2, 0.25) is 0 Å². The highest BCUT2D eigenvalue weighted by atomic mass is 79.9. The molecule has 0 amide bonds. The summed E-state index contributed by atoms with van der Waals surface area (Å²) < 4.78 is 8.61. The standard InChI is InChI=1S/C15H13BrN2O/c1-19-15-5-2-11-8-12(16)3-4-13(11)14(15)9-18-7-6-17-10-18/h2-8,10H,9H2,1H3. The van der Waals surface area contributed by atoms with Crippen LogP contribution in [0.25, 0.3) is 10.8 Å². The SMILES string of the molecule is COc1ccc2cc(Br)ccc2c1Cn1ccnc1. The van der Waals surface area contributed by atoms with E-state index in [1.807, 2.05) is 23.2 Å². The molecule has 3 aromatic rings. The van der Waals surface area contributed by atoms with E-state index in [1.165, 1.54) is 16.3 Å². The van der Waals surface area contributed by atoms with Crippen LogP contribution in [-0.2, 0) is 6.54 Å². The van der Waals surface area contributed by atoms with Crippen LogP contribution in [0.1, 0.15) is 5.56 Å². The Morgan fingerprint density at radius 1 is 1.26 bits per heavy atom. The fourth-order valence-electron chi connectivity index (χ4n) is 2.26. The summed E-state index contributed by atoms with van der Waals surface area (Å²) >= 11 is 3.51. The molecule has 3 nitrogen and oxygen atoms in total. The molecule has 0 N–H and O–H groups in total. The number of ether oxygens (including phenoxy) is 1. The van der Waals surface area contributed by atoms with Crippen LogP contribution in [0.15, 0.2) is 53.5 Å². The molecular formula is C15H13BrN2O.